The number of nitrogens with one attached hydrogen (secondary N) is 1. The third-order valence-electron chi connectivity index (χ3n) is 6.59. The highest BCUT2D eigenvalue weighted by atomic mass is 16.5. The van der Waals surface area contributed by atoms with E-state index in [0.717, 1.165) is 50.7 Å². The maximum Gasteiger partial charge on any atom is 0.220 e. The molecular weight excluding hydrogens is 340 g/mol. The van der Waals surface area contributed by atoms with E-state index in [1.165, 1.54) is 44.1 Å². The molecule has 0 aromatic carbocycles. The lowest BCUT2D eigenvalue weighted by molar-refractivity contribution is -0.122. The Hall–Kier alpha value is -1.40. The summed E-state index contributed by atoms with van der Waals surface area (Å²) in [6.07, 6.45) is 8.85. The van der Waals surface area contributed by atoms with Crippen LogP contribution in [0.5, 0.6) is 0 Å². The molecule has 3 rings (SSSR count). The van der Waals surface area contributed by atoms with Crippen molar-refractivity contribution in [3.8, 4) is 0 Å². The van der Waals surface area contributed by atoms with Gasteiger partial charge in [0.2, 0.25) is 5.91 Å². The van der Waals surface area contributed by atoms with Crippen LogP contribution in [-0.2, 0) is 23.0 Å². The SMILES string of the molecule is Cc1nn(C)c(C)c1CCC(=O)NCC1(N2CCOCC2)CCCCCC1. The molecule has 0 unspecified atom stereocenters. The molecule has 0 radical (unpaired) electrons. The summed E-state index contributed by atoms with van der Waals surface area (Å²) in [6.45, 7) is 8.49. The standard InChI is InChI=1S/C21H36N4O2/c1-17-19(18(2)24(3)23-17)8-9-20(26)22-16-21(10-6-4-5-7-11-21)25-12-14-27-15-13-25/h4-16H2,1-3H3,(H,22,26). The molecule has 6 nitrogen and oxygen atoms in total. The van der Waals surface area contributed by atoms with Crippen molar-refractivity contribution in [3.63, 3.8) is 0 Å². The summed E-state index contributed by atoms with van der Waals surface area (Å²) in [5.41, 5.74) is 3.53. The summed E-state index contributed by atoms with van der Waals surface area (Å²) >= 11 is 0. The first-order chi connectivity index (χ1) is 13.0. The number of carbonyl (C=O) groups excluding carboxylic acids is 1. The van der Waals surface area contributed by atoms with Crippen LogP contribution < -0.4 is 5.32 Å². The summed E-state index contributed by atoms with van der Waals surface area (Å²) in [6, 6.07) is 0. The number of hydrogen-bond donors (Lipinski definition) is 1. The molecule has 1 aliphatic heterocycles. The smallest absolute Gasteiger partial charge is 0.220 e. The molecule has 0 bridgehead atoms. The Kier molecular flexibility index (Phi) is 6.93. The zero-order valence-electron chi connectivity index (χ0n) is 17.4. The van der Waals surface area contributed by atoms with Crippen molar-refractivity contribution >= 4 is 5.91 Å². The van der Waals surface area contributed by atoms with E-state index in [-0.39, 0.29) is 11.4 Å². The molecule has 2 aliphatic rings. The van der Waals surface area contributed by atoms with Gasteiger partial charge < -0.3 is 10.1 Å². The largest absolute Gasteiger partial charge is 0.379 e. The van der Waals surface area contributed by atoms with Gasteiger partial charge in [0, 0.05) is 44.3 Å². The molecule has 1 aromatic rings. The molecule has 1 N–H and O–H groups in total. The van der Waals surface area contributed by atoms with Gasteiger partial charge in [-0.2, -0.15) is 5.10 Å². The number of rotatable bonds is 6. The molecule has 0 atom stereocenters. The molecule has 1 saturated carbocycles. The average Bonchev–Trinajstić information content (AvgIpc) is 2.85. The Balaban J connectivity index is 1.58. The summed E-state index contributed by atoms with van der Waals surface area (Å²) < 4.78 is 7.47. The van der Waals surface area contributed by atoms with E-state index in [4.69, 9.17) is 4.74 Å². The van der Waals surface area contributed by atoms with Crippen LogP contribution in [0.25, 0.3) is 0 Å². The Morgan fingerprint density at radius 3 is 2.41 bits per heavy atom. The molecule has 6 heteroatoms. The van der Waals surface area contributed by atoms with Gasteiger partial charge in [0.1, 0.15) is 0 Å². The minimum absolute atomic E-state index is 0.121. The van der Waals surface area contributed by atoms with Gasteiger partial charge in [-0.3, -0.25) is 14.4 Å². The summed E-state index contributed by atoms with van der Waals surface area (Å²) in [5, 5.41) is 7.74. The molecule has 27 heavy (non-hydrogen) atoms. The number of nitrogens with zero attached hydrogens (tertiary/aromatic N) is 3. The minimum atomic E-state index is 0.121. The number of carbonyl (C=O) groups is 1. The van der Waals surface area contributed by atoms with Gasteiger partial charge in [-0.15, -0.1) is 0 Å². The number of aromatic nitrogens is 2. The van der Waals surface area contributed by atoms with Crippen molar-refractivity contribution in [1.82, 2.24) is 20.0 Å². The summed E-state index contributed by atoms with van der Waals surface area (Å²) in [7, 11) is 1.96. The van der Waals surface area contributed by atoms with E-state index in [0.29, 0.717) is 6.42 Å². The fourth-order valence-corrected chi connectivity index (χ4v) is 4.80. The first kappa shape index (κ1) is 20.3. The van der Waals surface area contributed by atoms with Crippen LogP contribution in [-0.4, -0.2) is 59.0 Å². The van der Waals surface area contributed by atoms with Crippen LogP contribution in [0.1, 0.15) is 61.9 Å². The Labute approximate surface area is 163 Å². The van der Waals surface area contributed by atoms with Gasteiger partial charge in [-0.1, -0.05) is 25.7 Å². The second-order valence-electron chi connectivity index (χ2n) is 8.29. The number of aryl methyl sites for hydroxylation is 2. The Morgan fingerprint density at radius 1 is 1.15 bits per heavy atom. The fraction of sp³-hybridized carbons (Fsp3) is 0.810. The predicted molar refractivity (Wildman–Crippen MR) is 107 cm³/mol. The van der Waals surface area contributed by atoms with Crippen molar-refractivity contribution < 1.29 is 9.53 Å². The Morgan fingerprint density at radius 2 is 1.81 bits per heavy atom. The number of ether oxygens (including phenoxy) is 1. The normalized spacial score (nSPS) is 21.0. The second kappa shape index (κ2) is 9.20. The van der Waals surface area contributed by atoms with Gasteiger partial charge >= 0.3 is 0 Å². The van der Waals surface area contributed by atoms with Gasteiger partial charge in [-0.05, 0) is 38.7 Å². The van der Waals surface area contributed by atoms with Crippen LogP contribution in [0, 0.1) is 13.8 Å². The molecule has 152 valence electrons. The van der Waals surface area contributed by atoms with Crippen LogP contribution in [0.2, 0.25) is 0 Å². The maximum absolute atomic E-state index is 12.6. The van der Waals surface area contributed by atoms with E-state index in [2.05, 4.69) is 22.2 Å². The van der Waals surface area contributed by atoms with Crippen molar-refractivity contribution in [3.05, 3.63) is 17.0 Å². The maximum atomic E-state index is 12.6. The highest BCUT2D eigenvalue weighted by molar-refractivity contribution is 5.76. The average molecular weight is 377 g/mol. The third kappa shape index (κ3) is 4.91. The van der Waals surface area contributed by atoms with Crippen LogP contribution in [0.4, 0.5) is 0 Å². The zero-order chi connectivity index (χ0) is 19.3. The molecule has 1 amide bonds. The highest BCUT2D eigenvalue weighted by Gasteiger charge is 2.37. The van der Waals surface area contributed by atoms with Gasteiger partial charge in [0.25, 0.3) is 0 Å². The topological polar surface area (TPSA) is 59.4 Å². The quantitative estimate of drug-likeness (QED) is 0.775. The van der Waals surface area contributed by atoms with Crippen LogP contribution in [0.3, 0.4) is 0 Å². The van der Waals surface area contributed by atoms with Gasteiger partial charge in [-0.25, -0.2) is 0 Å². The molecule has 1 aromatic heterocycles. The van der Waals surface area contributed by atoms with Crippen molar-refractivity contribution in [2.45, 2.75) is 70.8 Å². The van der Waals surface area contributed by atoms with E-state index in [1.807, 2.05) is 18.7 Å². The lowest BCUT2D eigenvalue weighted by Gasteiger charge is -2.45. The summed E-state index contributed by atoms with van der Waals surface area (Å²) in [4.78, 5) is 15.2. The van der Waals surface area contributed by atoms with Crippen molar-refractivity contribution in [2.75, 3.05) is 32.8 Å². The lowest BCUT2D eigenvalue weighted by Crippen LogP contribution is -2.58. The predicted octanol–water partition coefficient (Wildman–Crippen LogP) is 2.51. The van der Waals surface area contributed by atoms with E-state index in [9.17, 15) is 4.79 Å². The molecular formula is C21H36N4O2. The number of amides is 1. The first-order valence-electron chi connectivity index (χ1n) is 10.6. The monoisotopic (exact) mass is 376 g/mol. The second-order valence-corrected chi connectivity index (χ2v) is 8.29. The number of hydrogen-bond acceptors (Lipinski definition) is 4. The van der Waals surface area contributed by atoms with E-state index in [1.54, 1.807) is 0 Å². The van der Waals surface area contributed by atoms with E-state index >= 15 is 0 Å². The number of morpholine rings is 1. The Bertz CT molecular complexity index is 626. The zero-order valence-corrected chi connectivity index (χ0v) is 17.4. The highest BCUT2D eigenvalue weighted by Crippen LogP contribution is 2.33. The van der Waals surface area contributed by atoms with Crippen LogP contribution in [0.15, 0.2) is 0 Å². The summed E-state index contributed by atoms with van der Waals surface area (Å²) in [5.74, 6) is 0.162. The molecule has 1 aliphatic carbocycles. The first-order valence-corrected chi connectivity index (χ1v) is 10.6. The molecule has 2 fully saturated rings. The van der Waals surface area contributed by atoms with Crippen molar-refractivity contribution in [2.24, 2.45) is 7.05 Å². The minimum Gasteiger partial charge on any atom is -0.379 e. The fourth-order valence-electron chi connectivity index (χ4n) is 4.80. The van der Waals surface area contributed by atoms with Gasteiger partial charge in [0.05, 0.1) is 18.9 Å². The third-order valence-corrected chi connectivity index (χ3v) is 6.59. The van der Waals surface area contributed by atoms with Crippen LogP contribution >= 0.6 is 0 Å². The molecule has 1 saturated heterocycles. The molecule has 0 spiro atoms. The lowest BCUT2D eigenvalue weighted by atomic mass is 9.87. The van der Waals surface area contributed by atoms with Gasteiger partial charge in [0.15, 0.2) is 0 Å². The van der Waals surface area contributed by atoms with Crippen molar-refractivity contribution in [1.29, 1.82) is 0 Å². The van der Waals surface area contributed by atoms with E-state index < -0.39 is 0 Å². The molecule has 2 heterocycles.